The number of nitrogens with zero attached hydrogens (tertiary/aromatic N) is 2. The molecule has 0 radical (unpaired) electrons. The van der Waals surface area contributed by atoms with Crippen molar-refractivity contribution in [3.8, 4) is 5.88 Å². The van der Waals surface area contributed by atoms with Gasteiger partial charge in [0.25, 0.3) is 0 Å². The molecule has 0 fully saturated rings. The highest BCUT2D eigenvalue weighted by molar-refractivity contribution is 6.42. The quantitative estimate of drug-likeness (QED) is 0.815. The van der Waals surface area contributed by atoms with Crippen LogP contribution in [0.25, 0.3) is 0 Å². The number of hydrogen-bond acceptors (Lipinski definition) is 3. The first-order valence-corrected chi connectivity index (χ1v) is 6.37. The molecule has 0 aliphatic rings. The van der Waals surface area contributed by atoms with E-state index in [1.165, 1.54) is 6.92 Å². The van der Waals surface area contributed by atoms with Crippen LogP contribution in [0.1, 0.15) is 18.1 Å². The lowest BCUT2D eigenvalue weighted by Gasteiger charge is -2.08. The minimum Gasteiger partial charge on any atom is -0.408 e. The first-order valence-electron chi connectivity index (χ1n) is 5.62. The van der Waals surface area contributed by atoms with Gasteiger partial charge >= 0.3 is 5.97 Å². The molecule has 1 heterocycles. The van der Waals surface area contributed by atoms with E-state index in [4.69, 9.17) is 27.9 Å². The molecule has 0 N–H and O–H groups in total. The van der Waals surface area contributed by atoms with Crippen molar-refractivity contribution in [3.63, 3.8) is 0 Å². The Balaban J connectivity index is 2.27. The minimum absolute atomic E-state index is 0.376. The van der Waals surface area contributed by atoms with Crippen LogP contribution in [0.4, 0.5) is 0 Å². The molecule has 1 aromatic heterocycles. The van der Waals surface area contributed by atoms with Crippen LogP contribution in [0.15, 0.2) is 24.4 Å². The van der Waals surface area contributed by atoms with E-state index in [-0.39, 0.29) is 5.97 Å². The van der Waals surface area contributed by atoms with Crippen LogP contribution in [0.5, 0.6) is 5.88 Å². The number of rotatable bonds is 3. The van der Waals surface area contributed by atoms with Gasteiger partial charge in [-0.25, -0.2) is 4.68 Å². The number of aromatic nitrogens is 2. The Morgan fingerprint density at radius 2 is 2.11 bits per heavy atom. The number of esters is 1. The van der Waals surface area contributed by atoms with Gasteiger partial charge in [-0.05, 0) is 24.6 Å². The number of aryl methyl sites for hydroxylation is 1. The van der Waals surface area contributed by atoms with Crippen LogP contribution in [-0.4, -0.2) is 15.7 Å². The van der Waals surface area contributed by atoms with Crippen LogP contribution in [0.3, 0.4) is 0 Å². The third kappa shape index (κ3) is 3.28. The average Bonchev–Trinajstić information content (AvgIpc) is 2.66. The minimum atomic E-state index is -0.376. The number of carbonyl (C=O) groups excluding carboxylic acids is 1. The van der Waals surface area contributed by atoms with Crippen molar-refractivity contribution in [2.45, 2.75) is 20.4 Å². The summed E-state index contributed by atoms with van der Waals surface area (Å²) in [6, 6.07) is 5.34. The van der Waals surface area contributed by atoms with E-state index in [1.54, 1.807) is 23.0 Å². The third-order valence-electron chi connectivity index (χ3n) is 2.52. The fourth-order valence-corrected chi connectivity index (χ4v) is 1.98. The third-order valence-corrected chi connectivity index (χ3v) is 3.26. The summed E-state index contributed by atoms with van der Waals surface area (Å²) < 4.78 is 6.75. The topological polar surface area (TPSA) is 44.1 Å². The Morgan fingerprint density at radius 3 is 2.74 bits per heavy atom. The van der Waals surface area contributed by atoms with E-state index >= 15 is 0 Å². The highest BCUT2D eigenvalue weighted by Gasteiger charge is 2.12. The Hall–Kier alpha value is -1.52. The van der Waals surface area contributed by atoms with Crippen molar-refractivity contribution >= 4 is 29.2 Å². The van der Waals surface area contributed by atoms with Crippen molar-refractivity contribution in [1.82, 2.24) is 9.78 Å². The predicted octanol–water partition coefficient (Wildman–Crippen LogP) is 3.47. The molecule has 0 bridgehead atoms. The normalized spacial score (nSPS) is 10.5. The zero-order valence-corrected chi connectivity index (χ0v) is 12.0. The highest BCUT2D eigenvalue weighted by atomic mass is 35.5. The molecule has 4 nitrogen and oxygen atoms in total. The van der Waals surface area contributed by atoms with Crippen LogP contribution in [0.2, 0.25) is 10.0 Å². The van der Waals surface area contributed by atoms with Crippen molar-refractivity contribution in [2.75, 3.05) is 0 Å². The number of benzene rings is 1. The maximum atomic E-state index is 11.1. The molecule has 100 valence electrons. The fourth-order valence-electron chi connectivity index (χ4n) is 1.66. The SMILES string of the molecule is CC(=O)Oc1c(C)cnn1Cc1ccc(Cl)c(Cl)c1. The Kier molecular flexibility index (Phi) is 4.12. The average molecular weight is 299 g/mol. The van der Waals surface area contributed by atoms with Gasteiger partial charge in [-0.2, -0.15) is 5.10 Å². The molecule has 2 rings (SSSR count). The molecule has 0 saturated heterocycles. The zero-order valence-electron chi connectivity index (χ0n) is 10.5. The number of hydrogen-bond donors (Lipinski definition) is 0. The maximum Gasteiger partial charge on any atom is 0.309 e. The van der Waals surface area contributed by atoms with E-state index < -0.39 is 0 Å². The molecule has 6 heteroatoms. The zero-order chi connectivity index (χ0) is 14.0. The summed E-state index contributed by atoms with van der Waals surface area (Å²) >= 11 is 11.8. The molecule has 1 aromatic carbocycles. The largest absolute Gasteiger partial charge is 0.408 e. The lowest BCUT2D eigenvalue weighted by Crippen LogP contribution is -2.10. The van der Waals surface area contributed by atoms with Gasteiger partial charge in [0.05, 0.1) is 22.8 Å². The van der Waals surface area contributed by atoms with Crippen molar-refractivity contribution in [2.24, 2.45) is 0 Å². The second-order valence-corrected chi connectivity index (χ2v) is 4.95. The van der Waals surface area contributed by atoms with E-state index in [0.29, 0.717) is 22.5 Å². The number of carbonyl (C=O) groups is 1. The lowest BCUT2D eigenvalue weighted by atomic mass is 10.2. The van der Waals surface area contributed by atoms with E-state index in [0.717, 1.165) is 11.1 Å². The molecule has 0 spiro atoms. The monoisotopic (exact) mass is 298 g/mol. The van der Waals surface area contributed by atoms with Crippen molar-refractivity contribution in [1.29, 1.82) is 0 Å². The van der Waals surface area contributed by atoms with Crippen molar-refractivity contribution < 1.29 is 9.53 Å². The van der Waals surface area contributed by atoms with Gasteiger partial charge in [0.15, 0.2) is 0 Å². The smallest absolute Gasteiger partial charge is 0.309 e. The van der Waals surface area contributed by atoms with Gasteiger partial charge in [0.2, 0.25) is 5.88 Å². The van der Waals surface area contributed by atoms with E-state index in [1.807, 2.05) is 13.0 Å². The molecule has 0 aliphatic carbocycles. The molecule has 0 atom stereocenters. The lowest BCUT2D eigenvalue weighted by molar-refractivity contribution is -0.132. The maximum absolute atomic E-state index is 11.1. The summed E-state index contributed by atoms with van der Waals surface area (Å²) in [6.07, 6.45) is 1.65. The summed E-state index contributed by atoms with van der Waals surface area (Å²) in [5.41, 5.74) is 1.72. The van der Waals surface area contributed by atoms with Crippen LogP contribution in [0, 0.1) is 6.92 Å². The highest BCUT2D eigenvalue weighted by Crippen LogP contribution is 2.24. The molecule has 0 saturated carbocycles. The van der Waals surface area contributed by atoms with Crippen LogP contribution in [-0.2, 0) is 11.3 Å². The molecule has 0 aliphatic heterocycles. The molecule has 2 aromatic rings. The van der Waals surface area contributed by atoms with Gasteiger partial charge in [-0.3, -0.25) is 4.79 Å². The van der Waals surface area contributed by atoms with Gasteiger partial charge in [0.1, 0.15) is 0 Å². The second-order valence-electron chi connectivity index (χ2n) is 4.13. The van der Waals surface area contributed by atoms with Crippen LogP contribution < -0.4 is 4.74 Å². The molecule has 0 amide bonds. The molecule has 19 heavy (non-hydrogen) atoms. The molecular formula is C13H12Cl2N2O2. The number of halogens is 2. The van der Waals surface area contributed by atoms with Gasteiger partial charge < -0.3 is 4.74 Å². The Bertz CT molecular complexity index is 623. The summed E-state index contributed by atoms with van der Waals surface area (Å²) in [7, 11) is 0. The second kappa shape index (κ2) is 5.63. The van der Waals surface area contributed by atoms with Crippen molar-refractivity contribution in [3.05, 3.63) is 45.6 Å². The predicted molar refractivity (Wildman–Crippen MR) is 73.8 cm³/mol. The first kappa shape index (κ1) is 13.9. The summed E-state index contributed by atoms with van der Waals surface area (Å²) in [6.45, 7) is 3.64. The van der Waals surface area contributed by atoms with Gasteiger partial charge in [-0.1, -0.05) is 29.3 Å². The molecular weight excluding hydrogens is 287 g/mol. The Labute approximate surface area is 120 Å². The van der Waals surface area contributed by atoms with E-state index in [9.17, 15) is 4.79 Å². The summed E-state index contributed by atoms with van der Waals surface area (Å²) in [5.74, 6) is 0.0672. The number of ether oxygens (including phenoxy) is 1. The van der Waals surface area contributed by atoms with Gasteiger partial charge in [0, 0.05) is 12.5 Å². The molecule has 0 unspecified atom stereocenters. The van der Waals surface area contributed by atoms with Crippen LogP contribution >= 0.6 is 23.2 Å². The van der Waals surface area contributed by atoms with E-state index in [2.05, 4.69) is 5.10 Å². The fraction of sp³-hybridized carbons (Fsp3) is 0.231. The first-order chi connectivity index (χ1) is 8.97. The van der Waals surface area contributed by atoms with Gasteiger partial charge in [-0.15, -0.1) is 0 Å². The standard InChI is InChI=1S/C13H12Cl2N2O2/c1-8-6-16-17(13(8)19-9(2)18)7-10-3-4-11(14)12(15)5-10/h3-6H,7H2,1-2H3. The summed E-state index contributed by atoms with van der Waals surface area (Å²) in [4.78, 5) is 11.1. The summed E-state index contributed by atoms with van der Waals surface area (Å²) in [5, 5.41) is 5.17. The Morgan fingerprint density at radius 1 is 1.37 bits per heavy atom.